The van der Waals surface area contributed by atoms with Crippen molar-refractivity contribution in [2.45, 2.75) is 0 Å². The van der Waals surface area contributed by atoms with Gasteiger partial charge in [0.15, 0.2) is 0 Å². The molecule has 0 aliphatic carbocycles. The Morgan fingerprint density at radius 3 is 0.500 bits per heavy atom. The van der Waals surface area contributed by atoms with Crippen LogP contribution < -0.4 is 0 Å². The molecule has 0 radical (unpaired) electrons. The molecule has 0 saturated heterocycles. The van der Waals surface area contributed by atoms with Crippen LogP contribution in [0.15, 0.2) is 0 Å². The van der Waals surface area contributed by atoms with Crippen LogP contribution in [0.25, 0.3) is 0 Å². The summed E-state index contributed by atoms with van der Waals surface area (Å²) in [7, 11) is 35.9. The molecule has 0 fully saturated rings. The molecular formula is H2CoS9. The SMILES string of the molecule is S.[S]=[Co](=[S])(=[S])(=[S])(=[S])(=[S])(=[S])=[S]. The number of rotatable bonds is 0. The standard InChI is InChI=1S/Co.H2S.8S/h;1H2;;;;;;;;. The van der Waals surface area contributed by atoms with Gasteiger partial charge in [-0.3, -0.25) is 0 Å². The Bertz CT molecular complexity index is 876. The first-order valence-corrected chi connectivity index (χ1v) is 13.5. The van der Waals surface area contributed by atoms with Gasteiger partial charge in [-0.25, -0.2) is 0 Å². The molecule has 0 aromatic carbocycles. The van der Waals surface area contributed by atoms with E-state index in [0.717, 1.165) is 0 Å². The third-order valence-electron chi connectivity index (χ3n) is 0. The van der Waals surface area contributed by atoms with Crippen molar-refractivity contribution in [3.05, 3.63) is 0 Å². The average Bonchev–Trinajstić information content (AvgIpc) is 0.503. The van der Waals surface area contributed by atoms with Crippen LogP contribution in [0.2, 0.25) is 0 Å². The van der Waals surface area contributed by atoms with E-state index < -0.39 is -4.47 Å². The summed E-state index contributed by atoms with van der Waals surface area (Å²) in [5.74, 6) is 0. The zero-order chi connectivity index (χ0) is 8.35. The fourth-order valence-corrected chi connectivity index (χ4v) is 0. The molecule has 0 aromatic rings. The molecule has 0 N–H and O–H groups in total. The van der Waals surface area contributed by atoms with Crippen molar-refractivity contribution >= 4 is 98.3 Å². The van der Waals surface area contributed by atoms with Crippen LogP contribution in [0.3, 0.4) is 0 Å². The van der Waals surface area contributed by atoms with Gasteiger partial charge < -0.3 is 0 Å². The van der Waals surface area contributed by atoms with Crippen LogP contribution in [0.1, 0.15) is 0 Å². The summed E-state index contributed by atoms with van der Waals surface area (Å²) in [6.07, 6.45) is 0. The molecule has 0 aromatic heterocycles. The first kappa shape index (κ1) is 15.1. The Morgan fingerprint density at radius 1 is 0.500 bits per heavy atom. The molecule has 0 heterocycles. The van der Waals surface area contributed by atoms with Crippen molar-refractivity contribution < 1.29 is -4.47 Å². The second kappa shape index (κ2) is 1.40. The third-order valence-corrected chi connectivity index (χ3v) is 0. The minimum atomic E-state index is -6.11. The predicted octanol–water partition coefficient (Wildman–Crippen LogP) is 5.30. The summed E-state index contributed by atoms with van der Waals surface area (Å²) in [5, 5.41) is 0. The van der Waals surface area contributed by atoms with Gasteiger partial charge in [0, 0.05) is 0 Å². The van der Waals surface area contributed by atoms with Crippen molar-refractivity contribution in [3.63, 3.8) is 0 Å². The van der Waals surface area contributed by atoms with Crippen molar-refractivity contribution in [2.24, 2.45) is 0 Å². The molecule has 0 nitrogen and oxygen atoms in total. The first-order valence-electron chi connectivity index (χ1n) is 1.09. The fourth-order valence-electron chi connectivity index (χ4n) is 0. The van der Waals surface area contributed by atoms with E-state index in [1.54, 1.807) is 0 Å². The summed E-state index contributed by atoms with van der Waals surface area (Å²) in [6, 6.07) is 0. The van der Waals surface area contributed by atoms with Gasteiger partial charge in [-0.05, 0) is 0 Å². The van der Waals surface area contributed by atoms with Crippen molar-refractivity contribution in [2.75, 3.05) is 0 Å². The van der Waals surface area contributed by atoms with Crippen molar-refractivity contribution in [1.29, 1.82) is 0 Å². The normalized spacial score (nSPS) is 27.2. The molecule has 0 aliphatic rings. The molecule has 10 heteroatoms. The topological polar surface area (TPSA) is 0 Å². The van der Waals surface area contributed by atoms with Crippen LogP contribution in [-0.2, 0) is -4.47 Å². The Hall–Kier alpha value is 2.62. The van der Waals surface area contributed by atoms with E-state index in [-0.39, 0.29) is 13.5 Å². The van der Waals surface area contributed by atoms with Crippen LogP contribution in [0, 0.1) is 0 Å². The monoisotopic (exact) mass is 349 g/mol. The van der Waals surface area contributed by atoms with Gasteiger partial charge in [-0.1, -0.05) is 0 Å². The fraction of sp³-hybridized carbons (Fsp3) is 0. The van der Waals surface area contributed by atoms with Gasteiger partial charge in [0.05, 0.1) is 0 Å². The van der Waals surface area contributed by atoms with Crippen molar-refractivity contribution in [1.82, 2.24) is 0 Å². The summed E-state index contributed by atoms with van der Waals surface area (Å²) in [4.78, 5) is 0. The Kier molecular flexibility index (Phi) is 2.11. The predicted molar refractivity (Wildman–Crippen MR) is 71.1 cm³/mol. The summed E-state index contributed by atoms with van der Waals surface area (Å²) >= 11 is 0. The minimum absolute atomic E-state index is 0. The molecule has 0 saturated carbocycles. The third kappa shape index (κ3) is 143. The molecule has 65 valence electrons. The molecule has 0 rings (SSSR count). The summed E-state index contributed by atoms with van der Waals surface area (Å²) in [5.41, 5.74) is 0. The Morgan fingerprint density at radius 2 is 0.500 bits per heavy atom. The van der Waals surface area contributed by atoms with E-state index in [2.05, 4.69) is 84.8 Å². The second-order valence-electron chi connectivity index (χ2n) is 1.56. The van der Waals surface area contributed by atoms with Crippen LogP contribution in [0.4, 0.5) is 0 Å². The Balaban J connectivity index is 0. The van der Waals surface area contributed by atoms with Crippen LogP contribution in [0.5, 0.6) is 0 Å². The number of hydrogen-bond donors (Lipinski definition) is 0. The van der Waals surface area contributed by atoms with E-state index >= 15 is 0 Å². The maximum absolute atomic E-state index is 6.11. The molecule has 0 unspecified atom stereocenters. The van der Waals surface area contributed by atoms with Crippen LogP contribution in [-0.4, -0.2) is 0 Å². The molecule has 0 atom stereocenters. The van der Waals surface area contributed by atoms with Gasteiger partial charge in [0.2, 0.25) is 0 Å². The first-order chi connectivity index (χ1) is 2.83. The second-order valence-corrected chi connectivity index (χ2v) is 57.7. The van der Waals surface area contributed by atoms with E-state index in [1.165, 1.54) is 0 Å². The Labute approximate surface area is 92.0 Å². The summed E-state index contributed by atoms with van der Waals surface area (Å²) in [6.45, 7) is 0. The molecule has 0 aliphatic heterocycles. The van der Waals surface area contributed by atoms with Gasteiger partial charge >= 0.3 is 80.4 Å². The zero-order valence-electron chi connectivity index (χ0n) is 4.10. The van der Waals surface area contributed by atoms with Gasteiger partial charge in [0.25, 0.3) is 0 Å². The molecule has 10 heavy (non-hydrogen) atoms. The van der Waals surface area contributed by atoms with Crippen LogP contribution >= 0.6 is 98.3 Å². The average molecular weight is 350 g/mol. The van der Waals surface area contributed by atoms with E-state index in [4.69, 9.17) is 0 Å². The maximum atomic E-state index is 4.48. The van der Waals surface area contributed by atoms with E-state index in [9.17, 15) is 0 Å². The quantitative estimate of drug-likeness (QED) is 0.571. The van der Waals surface area contributed by atoms with Gasteiger partial charge in [0.1, 0.15) is 0 Å². The number of hydrogen-bond acceptors (Lipinski definition) is 8. The molecule has 0 bridgehead atoms. The van der Waals surface area contributed by atoms with Gasteiger partial charge in [-0.2, -0.15) is 13.5 Å². The molecule has 0 spiro atoms. The van der Waals surface area contributed by atoms with Crippen molar-refractivity contribution in [3.8, 4) is 0 Å². The van der Waals surface area contributed by atoms with Gasteiger partial charge in [-0.15, -0.1) is 0 Å². The van der Waals surface area contributed by atoms with E-state index in [1.807, 2.05) is 0 Å². The molecule has 0 amide bonds. The molecular weight excluding hydrogens is 348 g/mol. The zero-order valence-corrected chi connectivity index (χ0v) is 12.7. The summed E-state index contributed by atoms with van der Waals surface area (Å²) < 4.78 is -6.11. The van der Waals surface area contributed by atoms with E-state index in [0.29, 0.717) is 0 Å².